The van der Waals surface area contributed by atoms with Crippen LogP contribution in [0.3, 0.4) is 0 Å². The van der Waals surface area contributed by atoms with Crippen LogP contribution in [-0.2, 0) is 0 Å². The molecule has 0 saturated carbocycles. The van der Waals surface area contributed by atoms with Gasteiger partial charge in [-0.1, -0.05) is 36.4 Å². The number of benzene rings is 2. The number of methoxy groups -OCH3 is 1. The van der Waals surface area contributed by atoms with Crippen molar-refractivity contribution in [2.45, 2.75) is 58.2 Å². The van der Waals surface area contributed by atoms with E-state index in [0.29, 0.717) is 18.6 Å². The summed E-state index contributed by atoms with van der Waals surface area (Å²) < 4.78 is 5.35. The lowest BCUT2D eigenvalue weighted by Crippen LogP contribution is -2.47. The van der Waals surface area contributed by atoms with Crippen molar-refractivity contribution < 1.29 is 9.53 Å². The maximum absolute atomic E-state index is 12.7. The third-order valence-corrected chi connectivity index (χ3v) is 7.58. The van der Waals surface area contributed by atoms with Gasteiger partial charge in [0.25, 0.3) is 5.91 Å². The SMILES string of the molecule is COc1ccc(C(NC2CCN(C(C)CCNC(=O)c3c(C)cccc3C)CC2)c2cccnc2)cc1. The van der Waals surface area contributed by atoms with Crippen LogP contribution in [0.5, 0.6) is 5.75 Å². The van der Waals surface area contributed by atoms with Crippen molar-refractivity contribution >= 4 is 5.91 Å². The summed E-state index contributed by atoms with van der Waals surface area (Å²) in [6.45, 7) is 9.05. The van der Waals surface area contributed by atoms with Gasteiger partial charge in [-0.2, -0.15) is 0 Å². The number of hydrogen-bond donors (Lipinski definition) is 2. The fourth-order valence-electron chi connectivity index (χ4n) is 5.31. The van der Waals surface area contributed by atoms with E-state index in [-0.39, 0.29) is 11.9 Å². The summed E-state index contributed by atoms with van der Waals surface area (Å²) in [5, 5.41) is 7.04. The molecule has 1 fully saturated rings. The molecule has 1 aliphatic rings. The predicted octanol–water partition coefficient (Wildman–Crippen LogP) is 5.06. The van der Waals surface area contributed by atoms with Crippen LogP contribution in [0.1, 0.15) is 64.8 Å². The fourth-order valence-corrected chi connectivity index (χ4v) is 5.31. The first-order valence-electron chi connectivity index (χ1n) is 13.3. The van der Waals surface area contributed by atoms with Crippen molar-refractivity contribution in [3.8, 4) is 5.75 Å². The molecule has 2 aromatic carbocycles. The molecule has 6 nitrogen and oxygen atoms in total. The first-order chi connectivity index (χ1) is 18.0. The van der Waals surface area contributed by atoms with Crippen molar-refractivity contribution in [3.05, 3.63) is 94.8 Å². The summed E-state index contributed by atoms with van der Waals surface area (Å²) in [5.41, 5.74) is 5.24. The molecule has 0 spiro atoms. The average molecular weight is 501 g/mol. The number of aryl methyl sites for hydroxylation is 2. The molecular formula is C31H40N4O2. The number of piperidine rings is 1. The van der Waals surface area contributed by atoms with Crippen LogP contribution in [0.15, 0.2) is 67.0 Å². The van der Waals surface area contributed by atoms with Gasteiger partial charge < -0.3 is 20.3 Å². The molecule has 1 amide bonds. The molecular weight excluding hydrogens is 460 g/mol. The van der Waals surface area contributed by atoms with Crippen LogP contribution in [-0.4, -0.2) is 54.6 Å². The Morgan fingerprint density at radius 2 is 1.73 bits per heavy atom. The van der Waals surface area contributed by atoms with Crippen LogP contribution >= 0.6 is 0 Å². The second-order valence-electron chi connectivity index (χ2n) is 10.1. The van der Waals surface area contributed by atoms with Crippen molar-refractivity contribution in [1.29, 1.82) is 0 Å². The Hall–Kier alpha value is -3.22. The second kappa shape index (κ2) is 12.8. The molecule has 6 heteroatoms. The number of likely N-dealkylation sites (tertiary alicyclic amines) is 1. The highest BCUT2D eigenvalue weighted by atomic mass is 16.5. The monoisotopic (exact) mass is 500 g/mol. The average Bonchev–Trinajstić information content (AvgIpc) is 2.92. The molecule has 2 unspecified atom stereocenters. The number of amides is 1. The highest BCUT2D eigenvalue weighted by molar-refractivity contribution is 5.97. The van der Waals surface area contributed by atoms with E-state index in [4.69, 9.17) is 4.74 Å². The number of carbonyl (C=O) groups is 1. The van der Waals surface area contributed by atoms with Gasteiger partial charge in [-0.3, -0.25) is 9.78 Å². The first kappa shape index (κ1) is 26.8. The van der Waals surface area contributed by atoms with Gasteiger partial charge in [-0.15, -0.1) is 0 Å². The summed E-state index contributed by atoms with van der Waals surface area (Å²) in [5.74, 6) is 0.895. The molecule has 3 aromatic rings. The highest BCUT2D eigenvalue weighted by Gasteiger charge is 2.26. The van der Waals surface area contributed by atoms with E-state index in [1.54, 1.807) is 7.11 Å². The lowest BCUT2D eigenvalue weighted by Gasteiger charge is -2.38. The summed E-state index contributed by atoms with van der Waals surface area (Å²) in [7, 11) is 1.69. The number of carbonyl (C=O) groups excluding carboxylic acids is 1. The number of rotatable bonds is 10. The Bertz CT molecular complexity index is 1120. The van der Waals surface area contributed by atoms with Crippen LogP contribution in [0.25, 0.3) is 0 Å². The molecule has 37 heavy (non-hydrogen) atoms. The van der Waals surface area contributed by atoms with E-state index >= 15 is 0 Å². The quantitative estimate of drug-likeness (QED) is 0.407. The minimum absolute atomic E-state index is 0.0330. The molecule has 4 rings (SSSR count). The number of nitrogens with zero attached hydrogens (tertiary/aromatic N) is 2. The van der Waals surface area contributed by atoms with Gasteiger partial charge in [0, 0.05) is 36.6 Å². The number of aromatic nitrogens is 1. The van der Waals surface area contributed by atoms with Gasteiger partial charge in [0.15, 0.2) is 0 Å². The van der Waals surface area contributed by atoms with Crippen LogP contribution in [0.2, 0.25) is 0 Å². The van der Waals surface area contributed by atoms with Crippen LogP contribution in [0.4, 0.5) is 0 Å². The fraction of sp³-hybridized carbons (Fsp3) is 0.419. The zero-order valence-corrected chi connectivity index (χ0v) is 22.5. The number of ether oxygens (including phenoxy) is 1. The Morgan fingerprint density at radius 1 is 1.03 bits per heavy atom. The standard InChI is InChI=1S/C31H40N4O2/c1-22-7-5-8-23(2)29(22)31(36)33-18-14-24(3)35-19-15-27(16-20-35)34-30(26-9-6-17-32-21-26)25-10-12-28(37-4)13-11-25/h5-13,17,21,24,27,30,34H,14-16,18-20H2,1-4H3,(H,33,36). The third kappa shape index (κ3) is 6.96. The van der Waals surface area contributed by atoms with Gasteiger partial charge in [0.2, 0.25) is 0 Å². The molecule has 2 atom stereocenters. The molecule has 0 aliphatic carbocycles. The smallest absolute Gasteiger partial charge is 0.251 e. The molecule has 0 bridgehead atoms. The van der Waals surface area contributed by atoms with E-state index in [1.807, 2.05) is 62.6 Å². The van der Waals surface area contributed by atoms with Crippen molar-refractivity contribution in [3.63, 3.8) is 0 Å². The molecule has 0 radical (unpaired) electrons. The van der Waals surface area contributed by atoms with Crippen molar-refractivity contribution in [2.75, 3.05) is 26.7 Å². The number of hydrogen-bond acceptors (Lipinski definition) is 5. The lowest BCUT2D eigenvalue weighted by molar-refractivity contribution is 0.0943. The van der Waals surface area contributed by atoms with E-state index in [1.165, 1.54) is 11.1 Å². The van der Waals surface area contributed by atoms with E-state index in [2.05, 4.69) is 45.6 Å². The number of pyridine rings is 1. The molecule has 1 aromatic heterocycles. The zero-order valence-electron chi connectivity index (χ0n) is 22.5. The zero-order chi connectivity index (χ0) is 26.2. The van der Waals surface area contributed by atoms with Crippen molar-refractivity contribution in [1.82, 2.24) is 20.5 Å². The first-order valence-corrected chi connectivity index (χ1v) is 13.3. The van der Waals surface area contributed by atoms with Gasteiger partial charge in [-0.05, 0) is 93.6 Å². The summed E-state index contributed by atoms with van der Waals surface area (Å²) in [4.78, 5) is 19.6. The maximum atomic E-state index is 12.7. The predicted molar refractivity (Wildman–Crippen MR) is 149 cm³/mol. The van der Waals surface area contributed by atoms with E-state index in [9.17, 15) is 4.79 Å². The van der Waals surface area contributed by atoms with Crippen LogP contribution < -0.4 is 15.4 Å². The summed E-state index contributed by atoms with van der Waals surface area (Å²) in [6, 6.07) is 19.4. The topological polar surface area (TPSA) is 66.5 Å². The Kier molecular flexibility index (Phi) is 9.31. The molecule has 2 N–H and O–H groups in total. The minimum Gasteiger partial charge on any atom is -0.497 e. The lowest BCUT2D eigenvalue weighted by atomic mass is 9.96. The Labute approximate surface area is 221 Å². The van der Waals surface area contributed by atoms with Gasteiger partial charge in [0.1, 0.15) is 5.75 Å². The Balaban J connectivity index is 1.28. The second-order valence-corrected chi connectivity index (χ2v) is 10.1. The summed E-state index contributed by atoms with van der Waals surface area (Å²) >= 11 is 0. The van der Waals surface area contributed by atoms with Crippen LogP contribution in [0, 0.1) is 13.8 Å². The largest absolute Gasteiger partial charge is 0.497 e. The maximum Gasteiger partial charge on any atom is 0.251 e. The van der Waals surface area contributed by atoms with E-state index in [0.717, 1.165) is 54.8 Å². The molecule has 1 saturated heterocycles. The molecule has 196 valence electrons. The molecule has 2 heterocycles. The normalized spacial score (nSPS) is 16.2. The van der Waals surface area contributed by atoms with Gasteiger partial charge >= 0.3 is 0 Å². The highest BCUT2D eigenvalue weighted by Crippen LogP contribution is 2.26. The third-order valence-electron chi connectivity index (χ3n) is 7.58. The Morgan fingerprint density at radius 3 is 2.35 bits per heavy atom. The number of nitrogens with one attached hydrogen (secondary N) is 2. The van der Waals surface area contributed by atoms with E-state index < -0.39 is 0 Å². The van der Waals surface area contributed by atoms with Crippen molar-refractivity contribution in [2.24, 2.45) is 0 Å². The van der Waals surface area contributed by atoms with Gasteiger partial charge in [-0.25, -0.2) is 0 Å². The minimum atomic E-state index is 0.0330. The summed E-state index contributed by atoms with van der Waals surface area (Å²) in [6.07, 6.45) is 6.89. The van der Waals surface area contributed by atoms with Gasteiger partial charge in [0.05, 0.1) is 13.2 Å². The molecule has 1 aliphatic heterocycles.